The van der Waals surface area contributed by atoms with Crippen LogP contribution in [0.4, 0.5) is 5.82 Å². The second kappa shape index (κ2) is 10.9. The highest BCUT2D eigenvalue weighted by molar-refractivity contribution is 5.73. The van der Waals surface area contributed by atoms with E-state index in [0.29, 0.717) is 5.52 Å². The number of rotatable bonds is 7. The van der Waals surface area contributed by atoms with Gasteiger partial charge < -0.3 is 25.1 Å². The molecule has 1 saturated heterocycles. The van der Waals surface area contributed by atoms with Crippen molar-refractivity contribution in [3.63, 3.8) is 0 Å². The van der Waals surface area contributed by atoms with Gasteiger partial charge in [0.05, 0.1) is 11.6 Å². The molecule has 5 atom stereocenters. The van der Waals surface area contributed by atoms with Gasteiger partial charge in [0.1, 0.15) is 36.7 Å². The zero-order valence-electron chi connectivity index (χ0n) is 22.4. The normalized spacial score (nSPS) is 27.1. The minimum atomic E-state index is -1.96. The summed E-state index contributed by atoms with van der Waals surface area (Å²) in [5, 5.41) is 26.0. The van der Waals surface area contributed by atoms with Crippen LogP contribution in [0.1, 0.15) is 71.9 Å². The third kappa shape index (κ3) is 5.33. The fraction of sp³-hybridized carbons (Fsp3) is 0.667. The van der Waals surface area contributed by atoms with Crippen molar-refractivity contribution in [1.82, 2.24) is 14.6 Å². The van der Waals surface area contributed by atoms with Crippen LogP contribution in [0.3, 0.4) is 0 Å². The van der Waals surface area contributed by atoms with E-state index in [9.17, 15) is 20.0 Å². The van der Waals surface area contributed by atoms with Crippen LogP contribution in [0.15, 0.2) is 18.5 Å². The van der Waals surface area contributed by atoms with E-state index in [4.69, 9.17) is 19.9 Å². The van der Waals surface area contributed by atoms with Crippen LogP contribution >= 0.6 is 0 Å². The third-order valence-corrected chi connectivity index (χ3v) is 7.95. The molecule has 3 heterocycles. The number of aliphatic hydroxyl groups is 1. The van der Waals surface area contributed by atoms with Crippen molar-refractivity contribution in [2.24, 2.45) is 17.3 Å². The van der Waals surface area contributed by atoms with E-state index in [1.165, 1.54) is 10.8 Å². The van der Waals surface area contributed by atoms with Gasteiger partial charge in [-0.25, -0.2) is 9.50 Å². The summed E-state index contributed by atoms with van der Waals surface area (Å²) in [7, 11) is 0. The first-order valence-electron chi connectivity index (χ1n) is 13.2. The van der Waals surface area contributed by atoms with Gasteiger partial charge in [0.15, 0.2) is 11.9 Å². The monoisotopic (exact) mass is 527 g/mol. The molecular weight excluding hydrogens is 490 g/mol. The third-order valence-electron chi connectivity index (χ3n) is 7.95. The van der Waals surface area contributed by atoms with Crippen LogP contribution < -0.4 is 5.73 Å². The summed E-state index contributed by atoms with van der Waals surface area (Å²) in [6.45, 7) is 7.25. The minimum Gasteiger partial charge on any atom is -0.463 e. The Balaban J connectivity index is 1.62. The minimum absolute atomic E-state index is 0.184. The highest BCUT2D eigenvalue weighted by atomic mass is 16.6. The Bertz CT molecular complexity index is 1210. The predicted octanol–water partition coefficient (Wildman–Crippen LogP) is 2.90. The van der Waals surface area contributed by atoms with E-state index in [2.05, 4.69) is 16.2 Å². The first kappa shape index (κ1) is 27.8. The number of aliphatic hydroxyl groups excluding tert-OH is 1. The number of nitrogens with two attached hydrogens (primary N) is 1. The molecule has 0 radical (unpaired) electrons. The Morgan fingerprint density at radius 2 is 2.03 bits per heavy atom. The summed E-state index contributed by atoms with van der Waals surface area (Å²) in [6.07, 6.45) is 2.73. The standard InChI is InChI=1S/C27H37N5O6/c1-16(26(2,3)4)25(35)36-13-19-22(37-21(33)12-17-8-6-5-7-9-17)23(34)27(14-28,38-19)20-11-10-18-24(29)30-15-31-32(18)20/h10-11,15-17,19,22-23,34H,5-9,12-13H2,1-4H3,(H2,29,30,31)/t16-,19-,22-,23-,27+/m1/s1. The van der Waals surface area contributed by atoms with E-state index in [0.717, 1.165) is 32.1 Å². The lowest BCUT2D eigenvalue weighted by Crippen LogP contribution is -2.43. The molecule has 2 aromatic rings. The molecule has 2 aliphatic rings. The van der Waals surface area contributed by atoms with E-state index in [1.807, 2.05) is 20.8 Å². The first-order valence-corrected chi connectivity index (χ1v) is 13.2. The molecular formula is C27H37N5O6. The second-order valence-corrected chi connectivity index (χ2v) is 11.5. The van der Waals surface area contributed by atoms with Gasteiger partial charge in [-0.05, 0) is 36.3 Å². The van der Waals surface area contributed by atoms with Crippen LogP contribution in [-0.4, -0.2) is 56.6 Å². The summed E-state index contributed by atoms with van der Waals surface area (Å²) < 4.78 is 18.8. The fourth-order valence-electron chi connectivity index (χ4n) is 5.14. The van der Waals surface area contributed by atoms with Crippen molar-refractivity contribution < 1.29 is 28.9 Å². The molecule has 1 saturated carbocycles. The summed E-state index contributed by atoms with van der Waals surface area (Å²) in [5.41, 5.74) is 4.28. The molecule has 2 fully saturated rings. The average molecular weight is 528 g/mol. The maximum atomic E-state index is 13.0. The van der Waals surface area contributed by atoms with Gasteiger partial charge >= 0.3 is 11.9 Å². The van der Waals surface area contributed by atoms with Gasteiger partial charge in [-0.15, -0.1) is 0 Å². The molecule has 0 aromatic carbocycles. The molecule has 3 N–H and O–H groups in total. The number of nitrogen functional groups attached to an aromatic ring is 1. The number of anilines is 1. The van der Waals surface area contributed by atoms with Crippen LogP contribution in [-0.2, 0) is 29.4 Å². The van der Waals surface area contributed by atoms with Gasteiger partial charge in [0.25, 0.3) is 0 Å². The zero-order valence-corrected chi connectivity index (χ0v) is 22.4. The maximum absolute atomic E-state index is 13.0. The number of hydrogen-bond donors (Lipinski definition) is 2. The quantitative estimate of drug-likeness (QED) is 0.512. The number of ether oxygens (including phenoxy) is 3. The molecule has 1 aliphatic carbocycles. The smallest absolute Gasteiger partial charge is 0.309 e. The Kier molecular flexibility index (Phi) is 7.95. The largest absolute Gasteiger partial charge is 0.463 e. The number of nitriles is 1. The number of esters is 2. The summed E-state index contributed by atoms with van der Waals surface area (Å²) in [5.74, 6) is -0.954. The molecule has 11 nitrogen and oxygen atoms in total. The van der Waals surface area contributed by atoms with Crippen LogP contribution in [0, 0.1) is 28.6 Å². The molecule has 0 bridgehead atoms. The van der Waals surface area contributed by atoms with Crippen molar-refractivity contribution >= 4 is 23.3 Å². The van der Waals surface area contributed by atoms with E-state index < -0.39 is 41.8 Å². The van der Waals surface area contributed by atoms with Crippen molar-refractivity contribution in [1.29, 1.82) is 5.26 Å². The molecule has 0 amide bonds. The Morgan fingerprint density at radius 3 is 2.68 bits per heavy atom. The molecule has 1 aliphatic heterocycles. The van der Waals surface area contributed by atoms with Crippen LogP contribution in [0.5, 0.6) is 0 Å². The first-order chi connectivity index (χ1) is 18.0. The van der Waals surface area contributed by atoms with Gasteiger partial charge in [0.2, 0.25) is 5.60 Å². The maximum Gasteiger partial charge on any atom is 0.309 e. The number of aromatic nitrogens is 3. The summed E-state index contributed by atoms with van der Waals surface area (Å²) in [6, 6.07) is 5.24. The zero-order chi connectivity index (χ0) is 27.7. The topological polar surface area (TPSA) is 162 Å². The number of fused-ring (bicyclic) bond motifs is 1. The second-order valence-electron chi connectivity index (χ2n) is 11.5. The molecule has 206 valence electrons. The van der Waals surface area contributed by atoms with Gasteiger partial charge in [0, 0.05) is 6.42 Å². The molecule has 0 spiro atoms. The number of nitrogens with zero attached hydrogens (tertiary/aromatic N) is 4. The van der Waals surface area contributed by atoms with E-state index >= 15 is 0 Å². The molecule has 4 rings (SSSR count). The Hall–Kier alpha value is -3.23. The lowest BCUT2D eigenvalue weighted by Gasteiger charge is -2.27. The molecule has 0 unspecified atom stereocenters. The van der Waals surface area contributed by atoms with Crippen molar-refractivity contribution in [3.05, 3.63) is 24.2 Å². The van der Waals surface area contributed by atoms with E-state index in [-0.39, 0.29) is 35.9 Å². The summed E-state index contributed by atoms with van der Waals surface area (Å²) in [4.78, 5) is 29.7. The van der Waals surface area contributed by atoms with Gasteiger partial charge in [-0.1, -0.05) is 47.0 Å². The average Bonchev–Trinajstić information content (AvgIpc) is 3.43. The van der Waals surface area contributed by atoms with Crippen molar-refractivity contribution in [3.8, 4) is 6.07 Å². The molecule has 11 heteroatoms. The van der Waals surface area contributed by atoms with E-state index in [1.54, 1.807) is 19.1 Å². The molecule has 38 heavy (non-hydrogen) atoms. The van der Waals surface area contributed by atoms with Crippen LogP contribution in [0.25, 0.3) is 5.52 Å². The molecule has 2 aromatic heterocycles. The number of carbonyl (C=O) groups is 2. The van der Waals surface area contributed by atoms with Crippen molar-refractivity contribution in [2.45, 2.75) is 90.1 Å². The Morgan fingerprint density at radius 1 is 1.32 bits per heavy atom. The van der Waals surface area contributed by atoms with Crippen LogP contribution in [0.2, 0.25) is 0 Å². The Labute approximate surface area is 222 Å². The lowest BCUT2D eigenvalue weighted by atomic mass is 9.82. The van der Waals surface area contributed by atoms with Gasteiger partial charge in [-0.3, -0.25) is 9.59 Å². The number of carbonyl (C=O) groups excluding carboxylic acids is 2. The fourth-order valence-corrected chi connectivity index (χ4v) is 5.14. The number of hydrogen-bond acceptors (Lipinski definition) is 10. The highest BCUT2D eigenvalue weighted by Crippen LogP contribution is 2.42. The summed E-state index contributed by atoms with van der Waals surface area (Å²) >= 11 is 0. The van der Waals surface area contributed by atoms with Gasteiger partial charge in [-0.2, -0.15) is 10.4 Å². The lowest BCUT2D eigenvalue weighted by molar-refractivity contribution is -0.164. The van der Waals surface area contributed by atoms with Crippen molar-refractivity contribution in [2.75, 3.05) is 12.3 Å². The SMILES string of the molecule is C[C@H](C(=O)OC[C@H]1O[C@@](C#N)(c2ccc3c(N)ncnn23)[C@H](O)[C@@H]1OC(=O)CC1CCCCC1)C(C)(C)C. The highest BCUT2D eigenvalue weighted by Gasteiger charge is 2.60. The predicted molar refractivity (Wildman–Crippen MR) is 136 cm³/mol.